The lowest BCUT2D eigenvalue weighted by molar-refractivity contribution is 0.0208. The Morgan fingerprint density at radius 3 is 2.29 bits per heavy atom. The van der Waals surface area contributed by atoms with Gasteiger partial charge in [0.15, 0.2) is 0 Å². The number of aromatic nitrogens is 1. The standard InChI is InChI=1S/C18H19NO2/c20-17(10-13-6-2-1-3-7-13)18(21)11-14-12-19-16-9-5-4-8-15(14)16/h1-9,12,17-21H,10-11H2. The van der Waals surface area contributed by atoms with E-state index >= 15 is 0 Å². The molecule has 0 aliphatic carbocycles. The van der Waals surface area contributed by atoms with E-state index in [1.165, 1.54) is 0 Å². The number of hydrogen-bond donors (Lipinski definition) is 3. The molecule has 3 aromatic rings. The highest BCUT2D eigenvalue weighted by molar-refractivity contribution is 5.83. The zero-order valence-corrected chi connectivity index (χ0v) is 11.7. The number of aliphatic hydroxyl groups excluding tert-OH is 2. The van der Waals surface area contributed by atoms with E-state index in [1.54, 1.807) is 0 Å². The first-order chi connectivity index (χ1) is 10.2. The third-order valence-corrected chi connectivity index (χ3v) is 3.84. The molecule has 2 aromatic carbocycles. The number of benzene rings is 2. The molecule has 0 saturated heterocycles. The minimum Gasteiger partial charge on any atom is -0.390 e. The molecule has 2 unspecified atom stereocenters. The molecule has 3 heteroatoms. The summed E-state index contributed by atoms with van der Waals surface area (Å²) in [5.74, 6) is 0. The van der Waals surface area contributed by atoms with Gasteiger partial charge in [-0.05, 0) is 17.2 Å². The summed E-state index contributed by atoms with van der Waals surface area (Å²) in [6.07, 6.45) is 1.27. The van der Waals surface area contributed by atoms with Crippen molar-refractivity contribution in [1.82, 2.24) is 4.98 Å². The van der Waals surface area contributed by atoms with Gasteiger partial charge in [0, 0.05) is 29.9 Å². The second-order valence-corrected chi connectivity index (χ2v) is 5.39. The molecule has 0 fully saturated rings. The van der Waals surface area contributed by atoms with Crippen molar-refractivity contribution in [3.63, 3.8) is 0 Å². The van der Waals surface area contributed by atoms with Crippen LogP contribution >= 0.6 is 0 Å². The summed E-state index contributed by atoms with van der Waals surface area (Å²) in [6.45, 7) is 0. The topological polar surface area (TPSA) is 56.2 Å². The summed E-state index contributed by atoms with van der Waals surface area (Å²) >= 11 is 0. The Morgan fingerprint density at radius 2 is 1.48 bits per heavy atom. The van der Waals surface area contributed by atoms with Crippen molar-refractivity contribution >= 4 is 10.9 Å². The van der Waals surface area contributed by atoms with E-state index < -0.39 is 12.2 Å². The van der Waals surface area contributed by atoms with Crippen LogP contribution in [0.5, 0.6) is 0 Å². The number of nitrogens with one attached hydrogen (secondary N) is 1. The number of para-hydroxylation sites is 1. The third kappa shape index (κ3) is 3.15. The summed E-state index contributed by atoms with van der Waals surface area (Å²) in [5.41, 5.74) is 3.12. The minimum absolute atomic E-state index is 0.442. The van der Waals surface area contributed by atoms with Crippen molar-refractivity contribution in [2.45, 2.75) is 25.0 Å². The summed E-state index contributed by atoms with van der Waals surface area (Å²) in [4.78, 5) is 3.19. The Labute approximate surface area is 123 Å². The smallest absolute Gasteiger partial charge is 0.0843 e. The molecule has 0 spiro atoms. The van der Waals surface area contributed by atoms with Crippen LogP contribution in [0.4, 0.5) is 0 Å². The molecule has 0 aliphatic heterocycles. The van der Waals surface area contributed by atoms with Gasteiger partial charge in [0.2, 0.25) is 0 Å². The first kappa shape index (κ1) is 13.9. The first-order valence-electron chi connectivity index (χ1n) is 7.19. The van der Waals surface area contributed by atoms with Gasteiger partial charge >= 0.3 is 0 Å². The van der Waals surface area contributed by atoms with E-state index in [0.29, 0.717) is 12.8 Å². The predicted molar refractivity (Wildman–Crippen MR) is 84.2 cm³/mol. The third-order valence-electron chi connectivity index (χ3n) is 3.84. The van der Waals surface area contributed by atoms with E-state index in [9.17, 15) is 10.2 Å². The van der Waals surface area contributed by atoms with Crippen molar-refractivity contribution in [3.8, 4) is 0 Å². The Balaban J connectivity index is 1.69. The molecule has 1 heterocycles. The Kier molecular flexibility index (Phi) is 4.04. The molecular weight excluding hydrogens is 262 g/mol. The van der Waals surface area contributed by atoms with Crippen molar-refractivity contribution in [1.29, 1.82) is 0 Å². The Hall–Kier alpha value is -2.10. The monoisotopic (exact) mass is 281 g/mol. The van der Waals surface area contributed by atoms with E-state index in [-0.39, 0.29) is 0 Å². The quantitative estimate of drug-likeness (QED) is 0.673. The fourth-order valence-electron chi connectivity index (χ4n) is 2.65. The zero-order chi connectivity index (χ0) is 14.7. The van der Waals surface area contributed by atoms with Crippen LogP contribution in [0, 0.1) is 0 Å². The summed E-state index contributed by atoms with van der Waals surface area (Å²) < 4.78 is 0. The van der Waals surface area contributed by atoms with Crippen LogP contribution in [-0.2, 0) is 12.8 Å². The molecule has 2 atom stereocenters. The van der Waals surface area contributed by atoms with Gasteiger partial charge in [0.05, 0.1) is 12.2 Å². The number of aromatic amines is 1. The average Bonchev–Trinajstić information content (AvgIpc) is 2.91. The maximum absolute atomic E-state index is 10.2. The summed E-state index contributed by atoms with van der Waals surface area (Å²) in [6, 6.07) is 17.7. The van der Waals surface area contributed by atoms with Gasteiger partial charge in [-0.25, -0.2) is 0 Å². The van der Waals surface area contributed by atoms with Crippen molar-refractivity contribution in [2.75, 3.05) is 0 Å². The molecule has 0 radical (unpaired) electrons. The van der Waals surface area contributed by atoms with Crippen LogP contribution in [0.15, 0.2) is 60.8 Å². The van der Waals surface area contributed by atoms with E-state index in [4.69, 9.17) is 0 Å². The summed E-state index contributed by atoms with van der Waals surface area (Å²) in [5, 5.41) is 21.5. The van der Waals surface area contributed by atoms with Crippen LogP contribution in [0.25, 0.3) is 10.9 Å². The van der Waals surface area contributed by atoms with E-state index in [0.717, 1.165) is 22.0 Å². The highest BCUT2D eigenvalue weighted by Gasteiger charge is 2.18. The second kappa shape index (κ2) is 6.12. The van der Waals surface area contributed by atoms with E-state index in [2.05, 4.69) is 4.98 Å². The molecule has 0 aliphatic rings. The molecular formula is C18H19NO2. The van der Waals surface area contributed by atoms with Gasteiger partial charge in [0.25, 0.3) is 0 Å². The molecule has 0 bridgehead atoms. The Bertz CT molecular complexity index is 705. The van der Waals surface area contributed by atoms with Crippen molar-refractivity contribution in [2.24, 2.45) is 0 Å². The number of fused-ring (bicyclic) bond motifs is 1. The summed E-state index contributed by atoms with van der Waals surface area (Å²) in [7, 11) is 0. The maximum Gasteiger partial charge on any atom is 0.0843 e. The average molecular weight is 281 g/mol. The highest BCUT2D eigenvalue weighted by Crippen LogP contribution is 2.20. The molecule has 0 amide bonds. The maximum atomic E-state index is 10.2. The minimum atomic E-state index is -0.774. The zero-order valence-electron chi connectivity index (χ0n) is 11.7. The normalized spacial score (nSPS) is 14.2. The van der Waals surface area contributed by atoms with Crippen LogP contribution in [0.1, 0.15) is 11.1 Å². The second-order valence-electron chi connectivity index (χ2n) is 5.39. The highest BCUT2D eigenvalue weighted by atomic mass is 16.3. The number of rotatable bonds is 5. The molecule has 1 aromatic heterocycles. The van der Waals surface area contributed by atoms with Gasteiger partial charge in [-0.1, -0.05) is 48.5 Å². The van der Waals surface area contributed by atoms with Gasteiger partial charge in [-0.2, -0.15) is 0 Å². The fraction of sp³-hybridized carbons (Fsp3) is 0.222. The molecule has 3 rings (SSSR count). The van der Waals surface area contributed by atoms with Crippen LogP contribution in [0.2, 0.25) is 0 Å². The number of aliphatic hydroxyl groups is 2. The van der Waals surface area contributed by atoms with Gasteiger partial charge in [-0.15, -0.1) is 0 Å². The van der Waals surface area contributed by atoms with Crippen molar-refractivity contribution in [3.05, 3.63) is 71.9 Å². The largest absolute Gasteiger partial charge is 0.390 e. The van der Waals surface area contributed by atoms with Gasteiger partial charge in [-0.3, -0.25) is 0 Å². The predicted octanol–water partition coefficient (Wildman–Crippen LogP) is 2.67. The number of hydrogen-bond acceptors (Lipinski definition) is 2. The first-order valence-corrected chi connectivity index (χ1v) is 7.19. The van der Waals surface area contributed by atoms with E-state index in [1.807, 2.05) is 60.8 Å². The van der Waals surface area contributed by atoms with Gasteiger partial charge in [0.1, 0.15) is 0 Å². The lowest BCUT2D eigenvalue weighted by Gasteiger charge is -2.17. The molecule has 21 heavy (non-hydrogen) atoms. The lowest BCUT2D eigenvalue weighted by Crippen LogP contribution is -2.29. The van der Waals surface area contributed by atoms with Gasteiger partial charge < -0.3 is 15.2 Å². The van der Waals surface area contributed by atoms with Crippen LogP contribution in [-0.4, -0.2) is 27.4 Å². The van der Waals surface area contributed by atoms with Crippen LogP contribution < -0.4 is 0 Å². The SMILES string of the molecule is OC(Cc1ccccc1)C(O)Cc1c[nH]c2ccccc12. The lowest BCUT2D eigenvalue weighted by atomic mass is 9.98. The molecule has 108 valence electrons. The molecule has 3 N–H and O–H groups in total. The molecule has 0 saturated carbocycles. The van der Waals surface area contributed by atoms with Crippen LogP contribution in [0.3, 0.4) is 0 Å². The van der Waals surface area contributed by atoms with Crippen molar-refractivity contribution < 1.29 is 10.2 Å². The molecule has 3 nitrogen and oxygen atoms in total. The fourth-order valence-corrected chi connectivity index (χ4v) is 2.65. The Morgan fingerprint density at radius 1 is 0.810 bits per heavy atom. The number of H-pyrrole nitrogens is 1.